The van der Waals surface area contributed by atoms with Gasteiger partial charge in [0.25, 0.3) is 0 Å². The number of aliphatic hydroxyl groups excluding tert-OH is 1. The van der Waals surface area contributed by atoms with Crippen molar-refractivity contribution in [1.29, 1.82) is 0 Å². The van der Waals surface area contributed by atoms with Gasteiger partial charge in [0.1, 0.15) is 6.10 Å². The Morgan fingerprint density at radius 3 is 2.19 bits per heavy atom. The first-order valence-corrected chi connectivity index (χ1v) is 22.3. The average Bonchev–Trinajstić information content (AvgIpc) is 3.42. The van der Waals surface area contributed by atoms with E-state index in [-0.39, 0.29) is 51.8 Å². The number of aliphatic hydroxyl groups is 1. The van der Waals surface area contributed by atoms with E-state index >= 15 is 0 Å². The normalized spacial score (nSPS) is 35.5. The molecule has 0 bridgehead atoms. The van der Waals surface area contributed by atoms with E-state index in [0.717, 1.165) is 75.6 Å². The van der Waals surface area contributed by atoms with Crippen LogP contribution in [0.15, 0.2) is 35.4 Å². The Labute approximate surface area is 348 Å². The summed E-state index contributed by atoms with van der Waals surface area (Å²) in [5.74, 6) is 0.00261. The lowest BCUT2D eigenvalue weighted by Gasteiger charge is -2.72. The number of Topliss-reactive ketones (excluding diaryl/α,β-unsaturated/α-hetero) is 1. The van der Waals surface area contributed by atoms with E-state index in [4.69, 9.17) is 16.3 Å². The lowest BCUT2D eigenvalue weighted by Crippen LogP contribution is -2.66. The van der Waals surface area contributed by atoms with Crippen molar-refractivity contribution in [1.82, 2.24) is 9.80 Å². The summed E-state index contributed by atoms with van der Waals surface area (Å²) in [4.78, 5) is 43.8. The molecular weight excluding hydrogens is 736 g/mol. The van der Waals surface area contributed by atoms with E-state index in [1.54, 1.807) is 13.8 Å². The number of carboxylic acids is 1. The summed E-state index contributed by atoms with van der Waals surface area (Å²) in [7, 11) is 4.17. The number of aliphatic carboxylic acids is 1. The number of esters is 1. The molecule has 8 nitrogen and oxygen atoms in total. The maximum absolute atomic E-state index is 14.3. The smallest absolute Gasteiger partial charge is 0.309 e. The molecular formula is C48H73ClN2O6. The van der Waals surface area contributed by atoms with Crippen LogP contribution in [-0.2, 0) is 25.7 Å². The zero-order valence-corrected chi connectivity index (χ0v) is 37.7. The maximum atomic E-state index is 14.3. The largest absolute Gasteiger partial charge is 0.481 e. The fourth-order valence-electron chi connectivity index (χ4n) is 13.8. The summed E-state index contributed by atoms with van der Waals surface area (Å²) in [6, 6.07) is 8.00. The van der Waals surface area contributed by atoms with Crippen molar-refractivity contribution in [2.75, 3.05) is 33.7 Å². The summed E-state index contributed by atoms with van der Waals surface area (Å²) in [6.07, 6.45) is 7.13. The number of ether oxygens (including phenoxy) is 1. The first kappa shape index (κ1) is 44.3. The van der Waals surface area contributed by atoms with Crippen LogP contribution in [0.2, 0.25) is 5.02 Å². The first-order valence-electron chi connectivity index (χ1n) is 21.9. The minimum absolute atomic E-state index is 0.0308. The monoisotopic (exact) mass is 809 g/mol. The van der Waals surface area contributed by atoms with Crippen LogP contribution in [0.1, 0.15) is 132 Å². The third-order valence-electron chi connectivity index (χ3n) is 17.1. The lowest BCUT2D eigenvalue weighted by molar-refractivity contribution is -0.235. The second-order valence-corrected chi connectivity index (χ2v) is 22.2. The molecule has 5 aliphatic carbocycles. The number of carbonyl (C=O) groups is 3. The fraction of sp³-hybridized carbons (Fsp3) is 0.771. The lowest BCUT2D eigenvalue weighted by atomic mass is 9.33. The maximum Gasteiger partial charge on any atom is 0.309 e. The van der Waals surface area contributed by atoms with Gasteiger partial charge in [0.15, 0.2) is 5.78 Å². The van der Waals surface area contributed by atoms with Gasteiger partial charge in [-0.3, -0.25) is 19.3 Å². The van der Waals surface area contributed by atoms with Crippen molar-refractivity contribution < 1.29 is 29.3 Å². The van der Waals surface area contributed by atoms with E-state index in [1.165, 1.54) is 5.57 Å². The van der Waals surface area contributed by atoms with Crippen LogP contribution in [0.25, 0.3) is 0 Å². The molecule has 0 heterocycles. The highest BCUT2D eigenvalue weighted by atomic mass is 35.5. The van der Waals surface area contributed by atoms with E-state index < -0.39 is 28.9 Å². The third kappa shape index (κ3) is 7.58. The second-order valence-electron chi connectivity index (χ2n) is 21.7. The Morgan fingerprint density at radius 1 is 0.912 bits per heavy atom. The number of hydrogen-bond acceptors (Lipinski definition) is 7. The summed E-state index contributed by atoms with van der Waals surface area (Å²) < 4.78 is 6.20. The summed E-state index contributed by atoms with van der Waals surface area (Å²) >= 11 is 6.24. The highest BCUT2D eigenvalue weighted by Gasteiger charge is 2.71. The molecule has 0 aromatic heterocycles. The van der Waals surface area contributed by atoms with Crippen molar-refractivity contribution in [2.45, 2.75) is 145 Å². The van der Waals surface area contributed by atoms with Gasteiger partial charge in [-0.05, 0) is 142 Å². The molecule has 0 radical (unpaired) electrons. The van der Waals surface area contributed by atoms with Gasteiger partial charge in [0, 0.05) is 48.5 Å². The molecule has 6 rings (SSSR count). The van der Waals surface area contributed by atoms with E-state index in [2.05, 4.69) is 84.5 Å². The molecule has 9 heteroatoms. The topological polar surface area (TPSA) is 107 Å². The summed E-state index contributed by atoms with van der Waals surface area (Å²) in [5.41, 5.74) is 1.54. The first-order chi connectivity index (χ1) is 26.4. The number of likely N-dealkylation sites (N-methyl/N-ethyl adjacent to an activating group) is 1. The Bertz CT molecular complexity index is 1740. The van der Waals surface area contributed by atoms with Crippen LogP contribution >= 0.6 is 11.6 Å². The molecule has 0 unspecified atom stereocenters. The molecule has 9 atom stereocenters. The van der Waals surface area contributed by atoms with Gasteiger partial charge in [-0.1, -0.05) is 77.8 Å². The number of carboxylic acid groups (broad SMARTS) is 1. The number of carbonyl (C=O) groups excluding carboxylic acids is 2. The molecule has 4 saturated carbocycles. The molecule has 1 aromatic carbocycles. The van der Waals surface area contributed by atoms with Crippen LogP contribution in [0.5, 0.6) is 0 Å². The summed E-state index contributed by atoms with van der Waals surface area (Å²) in [5, 5.41) is 23.0. The van der Waals surface area contributed by atoms with Gasteiger partial charge in [0.05, 0.1) is 17.9 Å². The number of fused-ring (bicyclic) bond motifs is 7. The van der Waals surface area contributed by atoms with Crippen molar-refractivity contribution in [3.05, 3.63) is 46.0 Å². The molecule has 0 spiro atoms. The van der Waals surface area contributed by atoms with Crippen molar-refractivity contribution in [2.24, 2.45) is 56.2 Å². The van der Waals surface area contributed by atoms with E-state index in [1.807, 2.05) is 12.1 Å². The van der Waals surface area contributed by atoms with Gasteiger partial charge >= 0.3 is 11.9 Å². The van der Waals surface area contributed by atoms with Crippen LogP contribution in [0, 0.1) is 56.2 Å². The van der Waals surface area contributed by atoms with Crippen molar-refractivity contribution in [3.63, 3.8) is 0 Å². The van der Waals surface area contributed by atoms with Gasteiger partial charge in [0.2, 0.25) is 0 Å². The van der Waals surface area contributed by atoms with E-state index in [9.17, 15) is 24.6 Å². The van der Waals surface area contributed by atoms with Gasteiger partial charge < -0.3 is 19.8 Å². The molecule has 1 aromatic rings. The minimum atomic E-state index is -1.17. The quantitative estimate of drug-likeness (QED) is 0.190. The highest BCUT2D eigenvalue weighted by Crippen LogP contribution is 2.77. The predicted octanol–water partition coefficient (Wildman–Crippen LogP) is 9.46. The van der Waals surface area contributed by atoms with E-state index in [0.29, 0.717) is 36.4 Å². The summed E-state index contributed by atoms with van der Waals surface area (Å²) in [6.45, 7) is 22.6. The number of ketones is 1. The molecule has 4 fully saturated rings. The number of benzene rings is 1. The van der Waals surface area contributed by atoms with Crippen LogP contribution in [0.3, 0.4) is 0 Å². The number of allylic oxidation sites excluding steroid dienone is 1. The standard InChI is InChI=1S/C48H73ClN2O6/c1-30(2)40-34(52)26-48(37(53)29-51(25-24-50(10)11)28-31-12-14-32(49)15-13-31)23-22-46(8)33(41(40)48)16-17-36-45(7)20-19-38(57-39(54)27-43(3,4)42(55)56)44(5,6)35(45)18-21-47(36,46)9/h12-15,30,33,35-38,53H,16-29H2,1-11H3,(H,55,56)/t33-,35+,36-,37+,38+,45+,46+,47-,48+/m1/s1. The van der Waals surface area contributed by atoms with Gasteiger partial charge in [-0.25, -0.2) is 0 Å². The van der Waals surface area contributed by atoms with Gasteiger partial charge in [-0.2, -0.15) is 0 Å². The molecule has 0 saturated heterocycles. The predicted molar refractivity (Wildman–Crippen MR) is 227 cm³/mol. The molecule has 0 amide bonds. The second kappa shape index (κ2) is 15.6. The van der Waals surface area contributed by atoms with Crippen LogP contribution in [0.4, 0.5) is 0 Å². The van der Waals surface area contributed by atoms with Gasteiger partial charge in [-0.15, -0.1) is 0 Å². The molecule has 57 heavy (non-hydrogen) atoms. The number of hydrogen-bond donors (Lipinski definition) is 2. The van der Waals surface area contributed by atoms with Crippen molar-refractivity contribution in [3.8, 4) is 0 Å². The highest BCUT2D eigenvalue weighted by molar-refractivity contribution is 6.30. The Hall–Kier alpha value is -2.26. The molecule has 2 N–H and O–H groups in total. The Balaban J connectivity index is 1.29. The zero-order valence-electron chi connectivity index (χ0n) is 37.0. The Morgan fingerprint density at radius 2 is 1.58 bits per heavy atom. The Kier molecular flexibility index (Phi) is 12.2. The van der Waals surface area contributed by atoms with Crippen LogP contribution in [-0.4, -0.2) is 83.7 Å². The zero-order chi connectivity index (χ0) is 42.1. The van der Waals surface area contributed by atoms with Crippen molar-refractivity contribution >= 4 is 29.3 Å². The molecule has 0 aliphatic heterocycles. The number of halogens is 1. The molecule has 318 valence electrons. The molecule has 5 aliphatic rings. The average molecular weight is 810 g/mol. The number of nitrogens with zero attached hydrogens (tertiary/aromatic N) is 2. The number of rotatable bonds is 13. The van der Waals surface area contributed by atoms with Crippen LogP contribution < -0.4 is 0 Å². The SMILES string of the molecule is CC(C)C1=C2[C@H]3CC[C@@H]4[C@@]5(C)CC[C@H](OC(=O)CC(C)(C)C(=O)O)C(C)(C)[C@@H]5CC[C@@]4(C)[C@@]3(C)CC[C@@]2([C@@H](O)CN(CCN(C)C)Cc2ccc(Cl)cc2)CC1=O. The minimum Gasteiger partial charge on any atom is -0.481 e. The fourth-order valence-corrected chi connectivity index (χ4v) is 13.9. The third-order valence-corrected chi connectivity index (χ3v) is 17.4.